The van der Waals surface area contributed by atoms with Crippen LogP contribution in [-0.2, 0) is 13.8 Å². The van der Waals surface area contributed by atoms with Gasteiger partial charge in [-0.15, -0.1) is 6.58 Å². The molecule has 1 N–H and O–H groups in total. The topological polar surface area (TPSA) is 72.5 Å². The number of ether oxygens (including phenoxy) is 1. The molecule has 0 saturated carbocycles. The summed E-state index contributed by atoms with van der Waals surface area (Å²) in [5.74, 6) is -0.611. The minimum atomic E-state index is -4.06. The first-order valence-corrected chi connectivity index (χ1v) is 8.68. The molecule has 0 aromatic heterocycles. The lowest BCUT2D eigenvalue weighted by atomic mass is 10.3. The summed E-state index contributed by atoms with van der Waals surface area (Å²) in [6, 6.07) is 2.68. The Labute approximate surface area is 134 Å². The Hall–Kier alpha value is -0.760. The zero-order chi connectivity index (χ0) is 15.3. The number of rotatable bonds is 6. The number of nitrogens with one attached hydrogen (secondary N) is 1. The zero-order valence-corrected chi connectivity index (χ0v) is 13.9. The molecular weight excluding hydrogens is 393 g/mol. The van der Waals surface area contributed by atoms with E-state index in [1.165, 1.54) is 18.2 Å². The van der Waals surface area contributed by atoms with Gasteiger partial charge in [-0.05, 0) is 12.1 Å². The molecule has 0 fully saturated rings. The number of hydrogen-bond donors (Lipinski definition) is 1. The van der Waals surface area contributed by atoms with E-state index in [0.717, 1.165) is 0 Å². The summed E-state index contributed by atoms with van der Waals surface area (Å²) in [5, 5.41) is 2.50. The summed E-state index contributed by atoms with van der Waals surface area (Å²) in [5.41, 5.74) is 0. The Balaban J connectivity index is 3.00. The minimum Gasteiger partial charge on any atom is -0.481 e. The van der Waals surface area contributed by atoms with Crippen LogP contribution in [0.25, 0.3) is 0 Å². The van der Waals surface area contributed by atoms with Crippen molar-refractivity contribution in [1.29, 1.82) is 0 Å². The SMILES string of the molecule is C=CCNC(=O)COc1c(Cl)cc(Br)cc1S(=O)(=O)Cl. The van der Waals surface area contributed by atoms with Crippen molar-refractivity contribution >= 4 is 53.2 Å². The Bertz CT molecular complexity index is 634. The highest BCUT2D eigenvalue weighted by Crippen LogP contribution is 2.37. The van der Waals surface area contributed by atoms with Crippen LogP contribution in [0.15, 0.2) is 34.2 Å². The minimum absolute atomic E-state index is 0.0233. The summed E-state index contributed by atoms with van der Waals surface area (Å²) in [6.07, 6.45) is 1.50. The molecule has 0 spiro atoms. The lowest BCUT2D eigenvalue weighted by Gasteiger charge is -2.11. The molecule has 0 aliphatic carbocycles. The highest BCUT2D eigenvalue weighted by Gasteiger charge is 2.21. The van der Waals surface area contributed by atoms with Crippen LogP contribution < -0.4 is 10.1 Å². The Morgan fingerprint density at radius 3 is 2.70 bits per heavy atom. The number of amides is 1. The number of carbonyl (C=O) groups excluding carboxylic acids is 1. The van der Waals surface area contributed by atoms with Crippen molar-refractivity contribution in [2.45, 2.75) is 4.90 Å². The molecule has 9 heteroatoms. The van der Waals surface area contributed by atoms with Gasteiger partial charge in [0.25, 0.3) is 15.0 Å². The normalized spacial score (nSPS) is 10.9. The second-order valence-electron chi connectivity index (χ2n) is 3.53. The van der Waals surface area contributed by atoms with Gasteiger partial charge in [0.1, 0.15) is 4.90 Å². The lowest BCUT2D eigenvalue weighted by Crippen LogP contribution is -2.29. The van der Waals surface area contributed by atoms with Crippen LogP contribution in [0, 0.1) is 0 Å². The molecule has 0 aliphatic rings. The van der Waals surface area contributed by atoms with Crippen molar-refractivity contribution in [2.75, 3.05) is 13.2 Å². The van der Waals surface area contributed by atoms with Crippen LogP contribution >= 0.6 is 38.2 Å². The van der Waals surface area contributed by atoms with Gasteiger partial charge in [-0.2, -0.15) is 0 Å². The number of carbonyl (C=O) groups is 1. The summed E-state index contributed by atoms with van der Waals surface area (Å²) < 4.78 is 28.5. The molecule has 1 amide bonds. The van der Waals surface area contributed by atoms with Crippen molar-refractivity contribution in [3.63, 3.8) is 0 Å². The van der Waals surface area contributed by atoms with E-state index in [1.807, 2.05) is 0 Å². The first kappa shape index (κ1) is 17.3. The number of halogens is 3. The van der Waals surface area contributed by atoms with E-state index >= 15 is 0 Å². The molecule has 20 heavy (non-hydrogen) atoms. The molecule has 0 radical (unpaired) electrons. The third-order valence-electron chi connectivity index (χ3n) is 2.03. The van der Waals surface area contributed by atoms with Crippen LogP contribution in [0.5, 0.6) is 5.75 Å². The first-order valence-electron chi connectivity index (χ1n) is 5.19. The highest BCUT2D eigenvalue weighted by atomic mass is 79.9. The van der Waals surface area contributed by atoms with Gasteiger partial charge in [-0.25, -0.2) is 8.42 Å². The average Bonchev–Trinajstić information content (AvgIpc) is 2.33. The maximum atomic E-state index is 11.5. The Morgan fingerprint density at radius 2 is 2.15 bits per heavy atom. The summed E-state index contributed by atoms with van der Waals surface area (Å²) in [6.45, 7) is 3.32. The smallest absolute Gasteiger partial charge is 0.265 e. The molecule has 0 bridgehead atoms. The van der Waals surface area contributed by atoms with Gasteiger partial charge in [0, 0.05) is 21.7 Å². The molecule has 0 saturated heterocycles. The van der Waals surface area contributed by atoms with E-state index in [1.54, 1.807) is 0 Å². The highest BCUT2D eigenvalue weighted by molar-refractivity contribution is 9.10. The molecular formula is C11H10BrCl2NO4S. The summed E-state index contributed by atoms with van der Waals surface area (Å²) in [4.78, 5) is 11.1. The number of benzene rings is 1. The Morgan fingerprint density at radius 1 is 1.50 bits per heavy atom. The van der Waals surface area contributed by atoms with Crippen molar-refractivity contribution in [3.05, 3.63) is 34.3 Å². The molecule has 0 aliphatic heterocycles. The van der Waals surface area contributed by atoms with E-state index in [4.69, 9.17) is 27.0 Å². The molecule has 1 aromatic carbocycles. The quantitative estimate of drug-likeness (QED) is 0.586. The summed E-state index contributed by atoms with van der Waals surface area (Å²) in [7, 11) is 1.25. The second-order valence-corrected chi connectivity index (χ2v) is 7.39. The Kier molecular flexibility index (Phi) is 6.32. The third-order valence-corrected chi connectivity index (χ3v) is 4.09. The second kappa shape index (κ2) is 7.31. The van der Waals surface area contributed by atoms with Gasteiger partial charge >= 0.3 is 0 Å². The predicted molar refractivity (Wildman–Crippen MR) is 80.9 cm³/mol. The fraction of sp³-hybridized carbons (Fsp3) is 0.182. The summed E-state index contributed by atoms with van der Waals surface area (Å²) >= 11 is 9.00. The van der Waals surface area contributed by atoms with E-state index in [-0.39, 0.29) is 22.2 Å². The standard InChI is InChI=1S/C11H10BrCl2NO4S/c1-2-3-15-10(16)6-19-11-8(13)4-7(12)5-9(11)20(14,17)18/h2,4-5H,1,3,6H2,(H,15,16). The van der Waals surface area contributed by atoms with Gasteiger partial charge in [0.15, 0.2) is 12.4 Å². The van der Waals surface area contributed by atoms with Crippen LogP contribution in [0.1, 0.15) is 0 Å². The van der Waals surface area contributed by atoms with Crippen LogP contribution in [0.4, 0.5) is 0 Å². The van der Waals surface area contributed by atoms with Crippen molar-refractivity contribution in [2.24, 2.45) is 0 Å². The van der Waals surface area contributed by atoms with E-state index in [0.29, 0.717) is 4.47 Å². The molecule has 0 atom stereocenters. The largest absolute Gasteiger partial charge is 0.481 e. The molecule has 0 heterocycles. The maximum Gasteiger partial charge on any atom is 0.265 e. The monoisotopic (exact) mass is 401 g/mol. The molecule has 110 valence electrons. The van der Waals surface area contributed by atoms with Crippen LogP contribution in [-0.4, -0.2) is 27.5 Å². The van der Waals surface area contributed by atoms with Crippen molar-refractivity contribution in [1.82, 2.24) is 5.32 Å². The van der Waals surface area contributed by atoms with Crippen LogP contribution in [0.2, 0.25) is 5.02 Å². The average molecular weight is 403 g/mol. The first-order chi connectivity index (χ1) is 9.25. The van der Waals surface area contributed by atoms with Crippen molar-refractivity contribution < 1.29 is 17.9 Å². The van der Waals surface area contributed by atoms with Gasteiger partial charge in [0.05, 0.1) is 5.02 Å². The van der Waals surface area contributed by atoms with Gasteiger partial charge < -0.3 is 10.1 Å². The number of hydrogen-bond acceptors (Lipinski definition) is 4. The zero-order valence-electron chi connectivity index (χ0n) is 10.0. The predicted octanol–water partition coefficient (Wildman–Crippen LogP) is 2.71. The molecule has 5 nitrogen and oxygen atoms in total. The van der Waals surface area contributed by atoms with Crippen LogP contribution in [0.3, 0.4) is 0 Å². The van der Waals surface area contributed by atoms with Gasteiger partial charge in [-0.3, -0.25) is 4.79 Å². The molecule has 1 aromatic rings. The maximum absolute atomic E-state index is 11.5. The third kappa shape index (κ3) is 4.97. The van der Waals surface area contributed by atoms with E-state index < -0.39 is 21.6 Å². The van der Waals surface area contributed by atoms with E-state index in [2.05, 4.69) is 27.8 Å². The van der Waals surface area contributed by atoms with Crippen molar-refractivity contribution in [3.8, 4) is 5.75 Å². The van der Waals surface area contributed by atoms with E-state index in [9.17, 15) is 13.2 Å². The molecule has 1 rings (SSSR count). The van der Waals surface area contributed by atoms with Gasteiger partial charge in [0.2, 0.25) is 0 Å². The molecule has 0 unspecified atom stereocenters. The fourth-order valence-corrected chi connectivity index (χ4v) is 3.31. The fourth-order valence-electron chi connectivity index (χ4n) is 1.23. The van der Waals surface area contributed by atoms with Gasteiger partial charge in [-0.1, -0.05) is 33.6 Å². The lowest BCUT2D eigenvalue weighted by molar-refractivity contribution is -0.122.